The van der Waals surface area contributed by atoms with Gasteiger partial charge in [0.25, 0.3) is 0 Å². The summed E-state index contributed by atoms with van der Waals surface area (Å²) in [6.07, 6.45) is 0. The number of carbonyl (C=O) groups is 1. The topological polar surface area (TPSA) is 50.4 Å². The van der Waals surface area contributed by atoms with E-state index < -0.39 is 0 Å². The number of hydrogen-bond donors (Lipinski definition) is 2. The molecule has 16 heavy (non-hydrogen) atoms. The van der Waals surface area contributed by atoms with Crippen molar-refractivity contribution in [1.82, 2.24) is 5.32 Å². The molecular formula is C11H15ClN2O2. The second kappa shape index (κ2) is 5.72. The number of likely N-dealkylation sites (N-methyl/N-ethyl adjacent to an activating group) is 1. The summed E-state index contributed by atoms with van der Waals surface area (Å²) in [5.74, 6) is 0.465. The van der Waals surface area contributed by atoms with Crippen LogP contribution in [0, 0.1) is 6.92 Å². The molecule has 0 aliphatic heterocycles. The lowest BCUT2D eigenvalue weighted by atomic mass is 10.2. The molecule has 0 aliphatic rings. The van der Waals surface area contributed by atoms with Gasteiger partial charge in [-0.3, -0.25) is 4.79 Å². The maximum atomic E-state index is 11.4. The van der Waals surface area contributed by atoms with E-state index in [9.17, 15) is 4.79 Å². The highest BCUT2D eigenvalue weighted by Gasteiger charge is 2.09. The van der Waals surface area contributed by atoms with E-state index in [4.69, 9.17) is 16.3 Å². The normalized spacial score (nSPS) is 10.0. The molecule has 1 rings (SSSR count). The van der Waals surface area contributed by atoms with E-state index in [2.05, 4.69) is 10.6 Å². The molecule has 88 valence electrons. The van der Waals surface area contributed by atoms with E-state index >= 15 is 0 Å². The summed E-state index contributed by atoms with van der Waals surface area (Å²) < 4.78 is 5.17. The molecule has 0 saturated carbocycles. The lowest BCUT2D eigenvalue weighted by Gasteiger charge is -2.12. The average molecular weight is 243 g/mol. The van der Waals surface area contributed by atoms with Crippen molar-refractivity contribution in [3.63, 3.8) is 0 Å². The largest absolute Gasteiger partial charge is 0.495 e. The first-order chi connectivity index (χ1) is 7.58. The van der Waals surface area contributed by atoms with Crippen molar-refractivity contribution in [2.24, 2.45) is 0 Å². The van der Waals surface area contributed by atoms with Crippen molar-refractivity contribution in [2.45, 2.75) is 6.92 Å². The average Bonchev–Trinajstić information content (AvgIpc) is 2.23. The van der Waals surface area contributed by atoms with Crippen LogP contribution < -0.4 is 15.4 Å². The van der Waals surface area contributed by atoms with Gasteiger partial charge < -0.3 is 15.4 Å². The lowest BCUT2D eigenvalue weighted by Crippen LogP contribution is -2.25. The van der Waals surface area contributed by atoms with Gasteiger partial charge in [-0.05, 0) is 31.7 Å². The number of nitrogens with one attached hydrogen (secondary N) is 2. The Morgan fingerprint density at radius 2 is 2.19 bits per heavy atom. The zero-order valence-corrected chi connectivity index (χ0v) is 10.3. The van der Waals surface area contributed by atoms with Gasteiger partial charge in [0.15, 0.2) is 0 Å². The molecule has 1 amide bonds. The molecule has 0 aromatic heterocycles. The first-order valence-corrected chi connectivity index (χ1v) is 5.25. The highest BCUT2D eigenvalue weighted by atomic mass is 35.5. The quantitative estimate of drug-likeness (QED) is 0.847. The van der Waals surface area contributed by atoms with E-state index in [1.165, 1.54) is 0 Å². The Kier molecular flexibility index (Phi) is 4.58. The molecule has 0 atom stereocenters. The Morgan fingerprint density at radius 3 is 2.75 bits per heavy atom. The summed E-state index contributed by atoms with van der Waals surface area (Å²) in [6, 6.07) is 3.47. The maximum absolute atomic E-state index is 11.4. The smallest absolute Gasteiger partial charge is 0.238 e. The SMILES string of the molecule is CNCC(=O)Nc1cc(Cl)c(C)cc1OC. The number of hydrogen-bond acceptors (Lipinski definition) is 3. The van der Waals surface area contributed by atoms with Crippen molar-refractivity contribution < 1.29 is 9.53 Å². The van der Waals surface area contributed by atoms with Gasteiger partial charge in [0.2, 0.25) is 5.91 Å². The van der Waals surface area contributed by atoms with Gasteiger partial charge in [-0.1, -0.05) is 11.6 Å². The van der Waals surface area contributed by atoms with Crippen LogP contribution in [-0.2, 0) is 4.79 Å². The fraction of sp³-hybridized carbons (Fsp3) is 0.364. The molecular weight excluding hydrogens is 228 g/mol. The van der Waals surface area contributed by atoms with Crippen molar-refractivity contribution >= 4 is 23.2 Å². The number of methoxy groups -OCH3 is 1. The number of anilines is 1. The summed E-state index contributed by atoms with van der Waals surface area (Å²) in [7, 11) is 3.26. The minimum atomic E-state index is -0.138. The van der Waals surface area contributed by atoms with Crippen LogP contribution in [0.3, 0.4) is 0 Å². The predicted molar refractivity (Wildman–Crippen MR) is 65.3 cm³/mol. The summed E-state index contributed by atoms with van der Waals surface area (Å²) in [4.78, 5) is 11.4. The number of rotatable bonds is 4. The molecule has 0 bridgehead atoms. The lowest BCUT2D eigenvalue weighted by molar-refractivity contribution is -0.115. The van der Waals surface area contributed by atoms with Crippen LogP contribution >= 0.6 is 11.6 Å². The summed E-state index contributed by atoms with van der Waals surface area (Å²) >= 11 is 5.98. The Balaban J connectivity index is 2.94. The van der Waals surface area contributed by atoms with E-state index in [1.54, 1.807) is 26.3 Å². The molecule has 0 fully saturated rings. The van der Waals surface area contributed by atoms with Crippen LogP contribution in [0.15, 0.2) is 12.1 Å². The molecule has 0 saturated heterocycles. The van der Waals surface area contributed by atoms with Crippen LogP contribution in [0.2, 0.25) is 5.02 Å². The summed E-state index contributed by atoms with van der Waals surface area (Å²) in [5.41, 5.74) is 1.49. The number of halogens is 1. The zero-order valence-electron chi connectivity index (χ0n) is 9.56. The minimum absolute atomic E-state index is 0.138. The molecule has 0 aliphatic carbocycles. The van der Waals surface area contributed by atoms with E-state index in [0.717, 1.165) is 5.56 Å². The van der Waals surface area contributed by atoms with E-state index in [1.807, 2.05) is 6.92 Å². The van der Waals surface area contributed by atoms with Crippen molar-refractivity contribution in [2.75, 3.05) is 26.0 Å². The molecule has 1 aromatic rings. The minimum Gasteiger partial charge on any atom is -0.495 e. The number of ether oxygens (including phenoxy) is 1. The van der Waals surface area contributed by atoms with Gasteiger partial charge >= 0.3 is 0 Å². The van der Waals surface area contributed by atoms with Gasteiger partial charge in [-0.2, -0.15) is 0 Å². The zero-order chi connectivity index (χ0) is 12.1. The van der Waals surface area contributed by atoms with Crippen molar-refractivity contribution in [1.29, 1.82) is 0 Å². The third-order valence-electron chi connectivity index (χ3n) is 2.09. The Hall–Kier alpha value is -1.26. The molecule has 2 N–H and O–H groups in total. The standard InChI is InChI=1S/C11H15ClN2O2/c1-7-4-10(16-3)9(5-8(7)12)14-11(15)6-13-2/h4-5,13H,6H2,1-3H3,(H,14,15). The summed E-state index contributed by atoms with van der Waals surface area (Å²) in [6.45, 7) is 2.12. The van der Waals surface area contributed by atoms with Crippen molar-refractivity contribution in [3.8, 4) is 5.75 Å². The molecule has 4 nitrogen and oxygen atoms in total. The second-order valence-electron chi connectivity index (χ2n) is 3.38. The van der Waals surface area contributed by atoms with Gasteiger partial charge in [0, 0.05) is 5.02 Å². The molecule has 0 heterocycles. The van der Waals surface area contributed by atoms with Crippen LogP contribution in [0.25, 0.3) is 0 Å². The first kappa shape index (κ1) is 12.8. The van der Waals surface area contributed by atoms with E-state index in [0.29, 0.717) is 16.5 Å². The van der Waals surface area contributed by atoms with E-state index in [-0.39, 0.29) is 12.5 Å². The first-order valence-electron chi connectivity index (χ1n) is 4.87. The van der Waals surface area contributed by atoms with Gasteiger partial charge in [0.05, 0.1) is 19.3 Å². The van der Waals surface area contributed by atoms with Crippen LogP contribution in [0.5, 0.6) is 5.75 Å². The third kappa shape index (κ3) is 3.12. The summed E-state index contributed by atoms with van der Waals surface area (Å²) in [5, 5.41) is 6.08. The van der Waals surface area contributed by atoms with Crippen LogP contribution in [0.1, 0.15) is 5.56 Å². The fourth-order valence-electron chi connectivity index (χ4n) is 1.28. The number of carbonyl (C=O) groups excluding carboxylic acids is 1. The molecule has 5 heteroatoms. The third-order valence-corrected chi connectivity index (χ3v) is 2.50. The maximum Gasteiger partial charge on any atom is 0.238 e. The second-order valence-corrected chi connectivity index (χ2v) is 3.79. The Morgan fingerprint density at radius 1 is 1.50 bits per heavy atom. The number of aryl methyl sites for hydroxylation is 1. The highest BCUT2D eigenvalue weighted by Crippen LogP contribution is 2.30. The Labute approximate surface area is 99.9 Å². The molecule has 0 radical (unpaired) electrons. The van der Waals surface area contributed by atoms with Crippen LogP contribution in [0.4, 0.5) is 5.69 Å². The monoisotopic (exact) mass is 242 g/mol. The fourth-order valence-corrected chi connectivity index (χ4v) is 1.44. The molecule has 1 aromatic carbocycles. The van der Waals surface area contributed by atoms with Gasteiger partial charge in [-0.15, -0.1) is 0 Å². The van der Waals surface area contributed by atoms with Crippen LogP contribution in [-0.4, -0.2) is 26.6 Å². The van der Waals surface area contributed by atoms with Crippen molar-refractivity contribution in [3.05, 3.63) is 22.7 Å². The van der Waals surface area contributed by atoms with Gasteiger partial charge in [-0.25, -0.2) is 0 Å². The predicted octanol–water partition coefficient (Wildman–Crippen LogP) is 1.81. The highest BCUT2D eigenvalue weighted by molar-refractivity contribution is 6.31. The number of benzene rings is 1. The Bertz CT molecular complexity index is 394. The molecule has 0 spiro atoms. The molecule has 0 unspecified atom stereocenters. The number of amides is 1. The van der Waals surface area contributed by atoms with Gasteiger partial charge in [0.1, 0.15) is 5.75 Å².